The highest BCUT2D eigenvalue weighted by molar-refractivity contribution is 9.09. The average Bonchev–Trinajstić information content (AvgIpc) is 3.34. The van der Waals surface area contributed by atoms with Gasteiger partial charge in [0.15, 0.2) is 11.5 Å². The van der Waals surface area contributed by atoms with E-state index in [1.165, 1.54) is 0 Å². The van der Waals surface area contributed by atoms with Gasteiger partial charge in [0.05, 0.1) is 23.8 Å². The molecule has 1 saturated heterocycles. The van der Waals surface area contributed by atoms with Crippen molar-refractivity contribution in [3.63, 3.8) is 0 Å². The Bertz CT molecular complexity index is 962. The number of carbonyl (C=O) groups is 2. The van der Waals surface area contributed by atoms with Gasteiger partial charge in [-0.1, -0.05) is 28.1 Å². The van der Waals surface area contributed by atoms with Gasteiger partial charge in [0.1, 0.15) is 11.9 Å². The third kappa shape index (κ3) is 2.99. The molecule has 0 spiro atoms. The van der Waals surface area contributed by atoms with E-state index in [4.69, 9.17) is 14.2 Å². The van der Waals surface area contributed by atoms with Crippen LogP contribution in [0, 0.1) is 23.7 Å². The van der Waals surface area contributed by atoms with Crippen molar-refractivity contribution in [2.24, 2.45) is 23.7 Å². The Hall–Kier alpha value is -2.54. The average molecular weight is 458 g/mol. The summed E-state index contributed by atoms with van der Waals surface area (Å²) in [6, 6.07) is 14.6. The molecule has 1 heterocycles. The van der Waals surface area contributed by atoms with Crippen molar-refractivity contribution >= 4 is 33.5 Å². The van der Waals surface area contributed by atoms with Gasteiger partial charge in [-0.25, -0.2) is 0 Å². The number of benzene rings is 2. The molecule has 2 saturated carbocycles. The monoisotopic (exact) mass is 457 g/mol. The smallest absolute Gasteiger partial charge is 0.310 e. The van der Waals surface area contributed by atoms with Gasteiger partial charge in [-0.3, -0.25) is 9.59 Å². The summed E-state index contributed by atoms with van der Waals surface area (Å²) in [6.07, 6.45) is 0.786. The minimum absolute atomic E-state index is 0.0579. The fraction of sp³-hybridized carbons (Fsp3) is 0.364. The number of hydrogen-bond acceptors (Lipinski definition) is 5. The highest BCUT2D eigenvalue weighted by Gasteiger charge is 2.67. The van der Waals surface area contributed by atoms with Gasteiger partial charge < -0.3 is 19.5 Å². The summed E-state index contributed by atoms with van der Waals surface area (Å²) >= 11 is 3.64. The zero-order valence-electron chi connectivity index (χ0n) is 15.7. The molecule has 2 aromatic rings. The highest BCUT2D eigenvalue weighted by atomic mass is 79.9. The second-order valence-electron chi connectivity index (χ2n) is 7.73. The Morgan fingerprint density at radius 1 is 1.10 bits per heavy atom. The molecule has 29 heavy (non-hydrogen) atoms. The van der Waals surface area contributed by atoms with Crippen LogP contribution in [0.25, 0.3) is 0 Å². The molecule has 3 aliphatic rings. The predicted octanol–water partition coefficient (Wildman–Crippen LogP) is 4.00. The van der Waals surface area contributed by atoms with E-state index in [2.05, 4.69) is 21.2 Å². The highest BCUT2D eigenvalue weighted by Crippen LogP contribution is 2.60. The van der Waals surface area contributed by atoms with Gasteiger partial charge in [0, 0.05) is 11.6 Å². The third-order valence-corrected chi connectivity index (χ3v) is 7.44. The molecule has 5 rings (SSSR count). The first-order valence-electron chi connectivity index (χ1n) is 9.63. The van der Waals surface area contributed by atoms with E-state index in [9.17, 15) is 9.59 Å². The van der Waals surface area contributed by atoms with Crippen LogP contribution in [0.3, 0.4) is 0 Å². The van der Waals surface area contributed by atoms with Crippen molar-refractivity contribution in [1.82, 2.24) is 0 Å². The van der Waals surface area contributed by atoms with E-state index < -0.39 is 0 Å². The van der Waals surface area contributed by atoms with Gasteiger partial charge in [0.25, 0.3) is 0 Å². The molecule has 2 bridgehead atoms. The molecular weight excluding hydrogens is 438 g/mol. The van der Waals surface area contributed by atoms with Crippen LogP contribution in [-0.4, -0.2) is 29.9 Å². The number of esters is 1. The molecule has 7 heteroatoms. The summed E-state index contributed by atoms with van der Waals surface area (Å²) in [5.41, 5.74) is 0.666. The van der Waals surface area contributed by atoms with Crippen LogP contribution in [0.15, 0.2) is 48.5 Å². The lowest BCUT2D eigenvalue weighted by Gasteiger charge is -2.27. The number of carbonyl (C=O) groups excluding carboxylic acids is 2. The zero-order valence-corrected chi connectivity index (χ0v) is 17.3. The number of methoxy groups -OCH3 is 1. The Balaban J connectivity index is 1.28. The number of nitrogens with one attached hydrogen (secondary N) is 1. The van der Waals surface area contributed by atoms with Crippen LogP contribution in [0.2, 0.25) is 0 Å². The van der Waals surface area contributed by atoms with Crippen LogP contribution in [0.4, 0.5) is 5.69 Å². The summed E-state index contributed by atoms with van der Waals surface area (Å²) < 4.78 is 16.6. The summed E-state index contributed by atoms with van der Waals surface area (Å²) in [6.45, 7) is 0. The molecule has 2 aliphatic carbocycles. The Morgan fingerprint density at radius 2 is 1.83 bits per heavy atom. The Labute approximate surface area is 176 Å². The molecule has 1 aliphatic heterocycles. The minimum Gasteiger partial charge on any atom is -0.493 e. The lowest BCUT2D eigenvalue weighted by atomic mass is 9.79. The van der Waals surface area contributed by atoms with Crippen molar-refractivity contribution in [3.8, 4) is 17.2 Å². The number of fused-ring (bicyclic) bond motifs is 1. The molecule has 1 N–H and O–H groups in total. The van der Waals surface area contributed by atoms with Crippen molar-refractivity contribution < 1.29 is 23.8 Å². The number of anilines is 1. The number of rotatable bonds is 5. The SMILES string of the molecule is COc1ccccc1Oc1ccc(NC(=O)[C@@H]2[C@H]3C[C@H]4[C@H](OC(=O)[C@@H]42)[C@@H]3Br)cc1. The number of amides is 1. The van der Waals surface area contributed by atoms with Crippen LogP contribution >= 0.6 is 15.9 Å². The Kier molecular flexibility index (Phi) is 4.50. The number of alkyl halides is 1. The van der Waals surface area contributed by atoms with Gasteiger partial charge in [-0.2, -0.15) is 0 Å². The normalized spacial score (nSPS) is 31.4. The van der Waals surface area contributed by atoms with E-state index in [-0.39, 0.29) is 46.5 Å². The quantitative estimate of drug-likeness (QED) is 0.542. The van der Waals surface area contributed by atoms with Gasteiger partial charge in [-0.05, 0) is 48.7 Å². The van der Waals surface area contributed by atoms with E-state index in [0.29, 0.717) is 22.9 Å². The molecule has 6 atom stereocenters. The molecule has 2 aromatic carbocycles. The first-order chi connectivity index (χ1) is 14.1. The third-order valence-electron chi connectivity index (χ3n) is 6.24. The van der Waals surface area contributed by atoms with Gasteiger partial charge >= 0.3 is 5.97 Å². The lowest BCUT2D eigenvalue weighted by Crippen LogP contribution is -2.40. The number of hydrogen-bond donors (Lipinski definition) is 1. The van der Waals surface area contributed by atoms with Gasteiger partial charge in [0.2, 0.25) is 5.91 Å². The topological polar surface area (TPSA) is 73.9 Å². The van der Waals surface area contributed by atoms with Crippen LogP contribution in [0.1, 0.15) is 6.42 Å². The molecule has 1 amide bonds. The molecule has 3 fully saturated rings. The second kappa shape index (κ2) is 7.06. The lowest BCUT2D eigenvalue weighted by molar-refractivity contribution is -0.145. The van der Waals surface area contributed by atoms with Crippen molar-refractivity contribution in [2.75, 3.05) is 12.4 Å². The Morgan fingerprint density at radius 3 is 2.55 bits per heavy atom. The maximum Gasteiger partial charge on any atom is 0.310 e. The minimum atomic E-state index is -0.347. The fourth-order valence-corrected chi connectivity index (χ4v) is 6.04. The van der Waals surface area contributed by atoms with E-state index in [1.807, 2.05) is 24.3 Å². The van der Waals surface area contributed by atoms with Crippen LogP contribution in [-0.2, 0) is 14.3 Å². The number of halogens is 1. The fourth-order valence-electron chi connectivity index (χ4n) is 4.99. The zero-order chi connectivity index (χ0) is 20.1. The van der Waals surface area contributed by atoms with Gasteiger partial charge in [-0.15, -0.1) is 0 Å². The molecular formula is C22H20BrNO5. The van der Waals surface area contributed by atoms with E-state index in [0.717, 1.165) is 6.42 Å². The number of ether oxygens (including phenoxy) is 3. The molecule has 0 aromatic heterocycles. The maximum absolute atomic E-state index is 13.0. The number of para-hydroxylation sites is 2. The summed E-state index contributed by atoms with van der Waals surface area (Å²) in [7, 11) is 1.59. The standard InChI is InChI=1S/C22H20BrNO5/c1-27-15-4-2-3-5-16(15)28-12-8-6-11(7-9-12)24-21(25)17-13-10-14-18(17)22(26)29-20(14)19(13)23/h2-9,13-14,17-20H,10H2,1H3,(H,24,25)/t13-,14-,17-,18+,19-,20+/m1/s1. The molecule has 0 radical (unpaired) electrons. The van der Waals surface area contributed by atoms with Crippen molar-refractivity contribution in [1.29, 1.82) is 0 Å². The van der Waals surface area contributed by atoms with E-state index >= 15 is 0 Å². The van der Waals surface area contributed by atoms with Crippen LogP contribution < -0.4 is 14.8 Å². The van der Waals surface area contributed by atoms with Crippen molar-refractivity contribution in [3.05, 3.63) is 48.5 Å². The molecule has 0 unspecified atom stereocenters. The molecule has 6 nitrogen and oxygen atoms in total. The first-order valence-corrected chi connectivity index (χ1v) is 10.5. The largest absolute Gasteiger partial charge is 0.493 e. The molecule has 150 valence electrons. The summed E-state index contributed by atoms with van der Waals surface area (Å²) in [5.74, 6) is 1.17. The van der Waals surface area contributed by atoms with E-state index in [1.54, 1.807) is 31.4 Å². The first kappa shape index (κ1) is 18.5. The van der Waals surface area contributed by atoms with Crippen LogP contribution in [0.5, 0.6) is 17.2 Å². The summed E-state index contributed by atoms with van der Waals surface area (Å²) in [5, 5.41) is 2.96. The van der Waals surface area contributed by atoms with Crippen molar-refractivity contribution in [2.45, 2.75) is 17.4 Å². The second-order valence-corrected chi connectivity index (χ2v) is 8.78. The summed E-state index contributed by atoms with van der Waals surface area (Å²) in [4.78, 5) is 25.2. The maximum atomic E-state index is 13.0. The predicted molar refractivity (Wildman–Crippen MR) is 109 cm³/mol.